The van der Waals surface area contributed by atoms with Gasteiger partial charge in [0, 0.05) is 26.1 Å². The monoisotopic (exact) mass is 474 g/mol. The maximum Gasteiger partial charge on any atom is 0.217 e. The Morgan fingerprint density at radius 1 is 1.42 bits per heavy atom. The van der Waals surface area contributed by atoms with Crippen molar-refractivity contribution in [2.24, 2.45) is 16.6 Å². The number of primary amides is 1. The fourth-order valence-electron chi connectivity index (χ4n) is 3.16. The average Bonchev–Trinajstić information content (AvgIpc) is 2.59. The summed E-state index contributed by atoms with van der Waals surface area (Å²) in [7, 11) is 0. The fourth-order valence-corrected chi connectivity index (χ4v) is 3.16. The molecule has 1 saturated heterocycles. The zero-order chi connectivity index (χ0) is 18.1. The summed E-state index contributed by atoms with van der Waals surface area (Å²) >= 11 is 0. The summed E-state index contributed by atoms with van der Waals surface area (Å²) in [6.07, 6.45) is 2.56. The summed E-state index contributed by atoms with van der Waals surface area (Å²) in [4.78, 5) is 18.1. The van der Waals surface area contributed by atoms with Crippen LogP contribution in [0, 0.1) is 12.8 Å². The molecule has 1 aliphatic rings. The van der Waals surface area contributed by atoms with E-state index in [1.54, 1.807) is 0 Å². The summed E-state index contributed by atoms with van der Waals surface area (Å²) in [5.41, 5.74) is 6.48. The molecule has 1 amide bonds. The highest BCUT2D eigenvalue weighted by molar-refractivity contribution is 14.0. The zero-order valence-corrected chi connectivity index (χ0v) is 18.1. The van der Waals surface area contributed by atoms with Gasteiger partial charge in [-0.05, 0) is 44.2 Å². The molecular weight excluding hydrogens is 443 g/mol. The number of benzene rings is 1. The highest BCUT2D eigenvalue weighted by Gasteiger charge is 2.23. The highest BCUT2D eigenvalue weighted by Crippen LogP contribution is 2.19. The quantitative estimate of drug-likeness (QED) is 0.276. The number of ether oxygens (including phenoxy) is 1. The molecule has 0 saturated carbocycles. The maximum atomic E-state index is 11.2. The summed E-state index contributed by atoms with van der Waals surface area (Å²) in [5, 5.41) is 3.34. The molecule has 7 heteroatoms. The van der Waals surface area contributed by atoms with E-state index in [1.165, 1.54) is 0 Å². The van der Waals surface area contributed by atoms with Crippen LogP contribution in [0.25, 0.3) is 0 Å². The Labute approximate surface area is 173 Å². The number of rotatable bonds is 7. The zero-order valence-electron chi connectivity index (χ0n) is 15.7. The van der Waals surface area contributed by atoms with E-state index >= 15 is 0 Å². The predicted molar refractivity (Wildman–Crippen MR) is 116 cm³/mol. The molecule has 1 aromatic carbocycles. The first kappa shape index (κ1) is 22.5. The van der Waals surface area contributed by atoms with Crippen molar-refractivity contribution in [3.05, 3.63) is 29.8 Å². The van der Waals surface area contributed by atoms with E-state index < -0.39 is 0 Å². The number of likely N-dealkylation sites (tertiary alicyclic amines) is 1. The summed E-state index contributed by atoms with van der Waals surface area (Å²) in [6, 6.07) is 7.99. The van der Waals surface area contributed by atoms with Crippen LogP contribution in [0.3, 0.4) is 0 Å². The van der Waals surface area contributed by atoms with Crippen molar-refractivity contribution < 1.29 is 9.53 Å². The lowest BCUT2D eigenvalue weighted by Gasteiger charge is -2.34. The lowest BCUT2D eigenvalue weighted by atomic mass is 9.95. The van der Waals surface area contributed by atoms with Crippen molar-refractivity contribution in [1.82, 2.24) is 10.2 Å². The second-order valence-electron chi connectivity index (χ2n) is 6.47. The Hall–Kier alpha value is -1.51. The molecule has 1 aromatic rings. The molecule has 0 radical (unpaired) electrons. The minimum absolute atomic E-state index is 0. The molecule has 1 fully saturated rings. The number of aliphatic imine (C=N–C) groups is 1. The van der Waals surface area contributed by atoms with Crippen LogP contribution in [0.5, 0.6) is 5.75 Å². The van der Waals surface area contributed by atoms with Gasteiger partial charge in [-0.15, -0.1) is 24.0 Å². The van der Waals surface area contributed by atoms with Gasteiger partial charge in [0.15, 0.2) is 5.96 Å². The Morgan fingerprint density at radius 2 is 2.19 bits per heavy atom. The average molecular weight is 474 g/mol. The lowest BCUT2D eigenvalue weighted by Crippen LogP contribution is -2.47. The Balaban J connectivity index is 0.00000338. The number of carbonyl (C=O) groups is 1. The standard InChI is InChI=1S/C19H30N4O2.HI/c1-3-21-19(23-11-6-8-16(14-23)13-18(20)24)22-10-12-25-17-9-5-4-7-15(17)2;/h4-5,7,9,16H,3,6,8,10-14H2,1-2H3,(H2,20,24)(H,21,22);1H. The van der Waals surface area contributed by atoms with Gasteiger partial charge in [0.25, 0.3) is 0 Å². The van der Waals surface area contributed by atoms with Crippen LogP contribution in [0.4, 0.5) is 0 Å². The smallest absolute Gasteiger partial charge is 0.217 e. The number of amides is 1. The van der Waals surface area contributed by atoms with Crippen LogP contribution < -0.4 is 15.8 Å². The van der Waals surface area contributed by atoms with Crippen molar-refractivity contribution in [3.63, 3.8) is 0 Å². The Bertz CT molecular complexity index is 595. The first-order valence-corrected chi connectivity index (χ1v) is 9.10. The first-order valence-electron chi connectivity index (χ1n) is 9.10. The van der Waals surface area contributed by atoms with Gasteiger partial charge in [-0.2, -0.15) is 0 Å². The van der Waals surface area contributed by atoms with E-state index in [0.29, 0.717) is 25.5 Å². The SMILES string of the molecule is CCNC(=NCCOc1ccccc1C)N1CCCC(CC(N)=O)C1.I. The fraction of sp³-hybridized carbons (Fsp3) is 0.579. The van der Waals surface area contributed by atoms with Crippen LogP contribution >= 0.6 is 24.0 Å². The molecule has 2 rings (SSSR count). The molecule has 0 bridgehead atoms. The topological polar surface area (TPSA) is 80.0 Å². The molecule has 0 aliphatic carbocycles. The van der Waals surface area contributed by atoms with Crippen molar-refractivity contribution in [2.75, 3.05) is 32.8 Å². The van der Waals surface area contributed by atoms with Gasteiger partial charge < -0.3 is 20.7 Å². The molecule has 0 spiro atoms. The van der Waals surface area contributed by atoms with Crippen LogP contribution in [0.2, 0.25) is 0 Å². The van der Waals surface area contributed by atoms with Gasteiger partial charge in [0.05, 0.1) is 6.54 Å². The normalized spacial score (nSPS) is 17.4. The van der Waals surface area contributed by atoms with E-state index in [9.17, 15) is 4.79 Å². The van der Waals surface area contributed by atoms with Crippen LogP contribution in [0.1, 0.15) is 31.7 Å². The number of halogens is 1. The van der Waals surface area contributed by atoms with Gasteiger partial charge in [-0.3, -0.25) is 4.79 Å². The number of piperidine rings is 1. The number of hydrogen-bond acceptors (Lipinski definition) is 3. The molecular formula is C19H31IN4O2. The summed E-state index contributed by atoms with van der Waals surface area (Å²) in [5.74, 6) is 1.89. The van der Waals surface area contributed by atoms with Crippen molar-refractivity contribution in [2.45, 2.75) is 33.1 Å². The molecule has 1 heterocycles. The van der Waals surface area contributed by atoms with Gasteiger partial charge in [0.1, 0.15) is 12.4 Å². The lowest BCUT2D eigenvalue weighted by molar-refractivity contribution is -0.119. The third kappa shape index (κ3) is 7.39. The number of para-hydroxylation sites is 1. The van der Waals surface area contributed by atoms with Crippen LogP contribution in [-0.2, 0) is 4.79 Å². The molecule has 6 nitrogen and oxygen atoms in total. The third-order valence-corrected chi connectivity index (χ3v) is 4.35. The Morgan fingerprint density at radius 3 is 2.88 bits per heavy atom. The number of guanidine groups is 1. The van der Waals surface area contributed by atoms with E-state index in [4.69, 9.17) is 10.5 Å². The van der Waals surface area contributed by atoms with Crippen LogP contribution in [0.15, 0.2) is 29.3 Å². The highest BCUT2D eigenvalue weighted by atomic mass is 127. The summed E-state index contributed by atoms with van der Waals surface area (Å²) < 4.78 is 5.81. The van der Waals surface area contributed by atoms with E-state index in [2.05, 4.69) is 22.1 Å². The van der Waals surface area contributed by atoms with Crippen molar-refractivity contribution in [1.29, 1.82) is 0 Å². The molecule has 1 unspecified atom stereocenters. The van der Waals surface area contributed by atoms with E-state index in [-0.39, 0.29) is 29.9 Å². The minimum atomic E-state index is -0.222. The number of nitrogens with one attached hydrogen (secondary N) is 1. The third-order valence-electron chi connectivity index (χ3n) is 4.35. The number of nitrogens with two attached hydrogens (primary N) is 1. The maximum absolute atomic E-state index is 11.2. The van der Waals surface area contributed by atoms with Gasteiger partial charge in [0.2, 0.25) is 5.91 Å². The second kappa shape index (κ2) is 12.0. The van der Waals surface area contributed by atoms with Crippen molar-refractivity contribution in [3.8, 4) is 5.75 Å². The van der Waals surface area contributed by atoms with E-state index in [1.807, 2.05) is 31.2 Å². The number of nitrogens with zero attached hydrogens (tertiary/aromatic N) is 2. The minimum Gasteiger partial charge on any atom is -0.491 e. The Kier molecular flexibility index (Phi) is 10.4. The molecule has 1 atom stereocenters. The number of hydrogen-bond donors (Lipinski definition) is 2. The molecule has 26 heavy (non-hydrogen) atoms. The number of aryl methyl sites for hydroxylation is 1. The van der Waals surface area contributed by atoms with Gasteiger partial charge in [-0.1, -0.05) is 18.2 Å². The first-order chi connectivity index (χ1) is 12.1. The van der Waals surface area contributed by atoms with Crippen LogP contribution in [-0.4, -0.2) is 49.6 Å². The predicted octanol–water partition coefficient (Wildman–Crippen LogP) is 2.54. The molecule has 1 aliphatic heterocycles. The summed E-state index contributed by atoms with van der Waals surface area (Å²) in [6.45, 7) is 7.83. The molecule has 0 aromatic heterocycles. The van der Waals surface area contributed by atoms with Crippen molar-refractivity contribution >= 4 is 35.8 Å². The molecule has 146 valence electrons. The van der Waals surface area contributed by atoms with Gasteiger partial charge >= 0.3 is 0 Å². The largest absolute Gasteiger partial charge is 0.491 e. The van der Waals surface area contributed by atoms with E-state index in [0.717, 1.165) is 49.7 Å². The second-order valence-corrected chi connectivity index (χ2v) is 6.47. The number of carbonyl (C=O) groups excluding carboxylic acids is 1. The molecule has 3 N–H and O–H groups in total. The van der Waals surface area contributed by atoms with Gasteiger partial charge in [-0.25, -0.2) is 4.99 Å².